The van der Waals surface area contributed by atoms with Crippen LogP contribution in [0.4, 0.5) is 5.69 Å². The molecule has 0 aliphatic rings. The van der Waals surface area contributed by atoms with Crippen molar-refractivity contribution in [1.29, 1.82) is 0 Å². The summed E-state index contributed by atoms with van der Waals surface area (Å²) in [5.74, 6) is 0. The minimum absolute atomic E-state index is 0.614. The van der Waals surface area contributed by atoms with Crippen LogP contribution in [0.25, 0.3) is 0 Å². The molecule has 2 aromatic rings. The van der Waals surface area contributed by atoms with Crippen LogP contribution in [0.15, 0.2) is 34.8 Å². The molecule has 0 bridgehead atoms. The summed E-state index contributed by atoms with van der Waals surface area (Å²) in [6, 6.07) is 10.1. The lowest BCUT2D eigenvalue weighted by Gasteiger charge is -2.12. The van der Waals surface area contributed by atoms with Crippen molar-refractivity contribution in [3.05, 3.63) is 61.5 Å². The fraction of sp³-hybridized carbons (Fsp3) is 0.200. The maximum absolute atomic E-state index is 6.18. The lowest BCUT2D eigenvalue weighted by Crippen LogP contribution is -2.01. The molecule has 0 saturated heterocycles. The number of halogens is 3. The standard InChI is InChI=1S/C15H14BrCl2N/c1-9-3-4-11(5-10(9)2)8-19-15-13(17)6-12(16)7-14(15)18/h3-7,19H,8H2,1-2H3. The Bertz CT molecular complexity index is 588. The van der Waals surface area contributed by atoms with E-state index in [4.69, 9.17) is 23.2 Å². The summed E-state index contributed by atoms with van der Waals surface area (Å²) in [7, 11) is 0. The summed E-state index contributed by atoms with van der Waals surface area (Å²) in [5, 5.41) is 4.51. The van der Waals surface area contributed by atoms with Crippen LogP contribution < -0.4 is 5.32 Å². The van der Waals surface area contributed by atoms with Gasteiger partial charge < -0.3 is 5.32 Å². The van der Waals surface area contributed by atoms with Crippen LogP contribution >= 0.6 is 39.1 Å². The highest BCUT2D eigenvalue weighted by atomic mass is 79.9. The highest BCUT2D eigenvalue weighted by Gasteiger charge is 2.07. The summed E-state index contributed by atoms with van der Waals surface area (Å²) < 4.78 is 0.874. The van der Waals surface area contributed by atoms with Gasteiger partial charge in [-0.1, -0.05) is 57.3 Å². The van der Waals surface area contributed by atoms with Gasteiger partial charge in [-0.05, 0) is 42.7 Å². The zero-order valence-electron chi connectivity index (χ0n) is 10.7. The molecule has 2 rings (SSSR count). The molecule has 0 atom stereocenters. The molecule has 0 aliphatic heterocycles. The average Bonchev–Trinajstić information content (AvgIpc) is 2.32. The van der Waals surface area contributed by atoms with Gasteiger partial charge in [0.1, 0.15) is 0 Å². The Kier molecular flexibility index (Phi) is 4.77. The average molecular weight is 359 g/mol. The maximum atomic E-state index is 6.18. The molecule has 0 aliphatic carbocycles. The molecular weight excluding hydrogens is 345 g/mol. The molecular formula is C15H14BrCl2N. The van der Waals surface area contributed by atoms with Gasteiger partial charge in [-0.15, -0.1) is 0 Å². The van der Waals surface area contributed by atoms with Gasteiger partial charge in [0.25, 0.3) is 0 Å². The molecule has 1 N–H and O–H groups in total. The third kappa shape index (κ3) is 3.65. The van der Waals surface area contributed by atoms with Crippen molar-refractivity contribution in [3.63, 3.8) is 0 Å². The Hall–Kier alpha value is -0.700. The first-order chi connectivity index (χ1) is 8.97. The Morgan fingerprint density at radius 1 is 1.00 bits per heavy atom. The molecule has 4 heteroatoms. The normalized spacial score (nSPS) is 10.6. The van der Waals surface area contributed by atoms with Crippen LogP contribution in [0, 0.1) is 13.8 Å². The third-order valence-electron chi connectivity index (χ3n) is 3.05. The van der Waals surface area contributed by atoms with Gasteiger partial charge in [0, 0.05) is 11.0 Å². The summed E-state index contributed by atoms with van der Waals surface area (Å²) in [6.07, 6.45) is 0. The third-order valence-corrected chi connectivity index (χ3v) is 4.10. The van der Waals surface area contributed by atoms with Crippen LogP contribution in [0.3, 0.4) is 0 Å². The van der Waals surface area contributed by atoms with Gasteiger partial charge in [0.05, 0.1) is 15.7 Å². The van der Waals surface area contributed by atoms with Crippen LogP contribution in [-0.4, -0.2) is 0 Å². The first kappa shape index (κ1) is 14.7. The molecule has 0 saturated carbocycles. The second-order valence-electron chi connectivity index (χ2n) is 4.52. The molecule has 2 aromatic carbocycles. The first-order valence-electron chi connectivity index (χ1n) is 5.92. The predicted molar refractivity (Wildman–Crippen MR) is 87.4 cm³/mol. The van der Waals surface area contributed by atoms with E-state index < -0.39 is 0 Å². The first-order valence-corrected chi connectivity index (χ1v) is 7.47. The van der Waals surface area contributed by atoms with Gasteiger partial charge in [0.2, 0.25) is 0 Å². The molecule has 0 fully saturated rings. The monoisotopic (exact) mass is 357 g/mol. The number of nitrogens with one attached hydrogen (secondary N) is 1. The summed E-state index contributed by atoms with van der Waals surface area (Å²) in [5.41, 5.74) is 4.55. The van der Waals surface area contributed by atoms with E-state index in [0.717, 1.165) is 10.2 Å². The topological polar surface area (TPSA) is 12.0 Å². The minimum Gasteiger partial charge on any atom is -0.379 e. The Balaban J connectivity index is 2.16. The quantitative estimate of drug-likeness (QED) is 0.710. The van der Waals surface area contributed by atoms with E-state index in [-0.39, 0.29) is 0 Å². The molecule has 0 radical (unpaired) electrons. The van der Waals surface area contributed by atoms with Crippen LogP contribution in [0.5, 0.6) is 0 Å². The van der Waals surface area contributed by atoms with Gasteiger partial charge in [-0.2, -0.15) is 0 Å². The van der Waals surface area contributed by atoms with E-state index in [9.17, 15) is 0 Å². The molecule has 19 heavy (non-hydrogen) atoms. The number of anilines is 1. The zero-order valence-corrected chi connectivity index (χ0v) is 13.8. The highest BCUT2D eigenvalue weighted by molar-refractivity contribution is 9.10. The molecule has 0 amide bonds. The van der Waals surface area contributed by atoms with E-state index in [1.165, 1.54) is 16.7 Å². The van der Waals surface area contributed by atoms with Crippen LogP contribution in [0.2, 0.25) is 10.0 Å². The van der Waals surface area contributed by atoms with Gasteiger partial charge in [-0.25, -0.2) is 0 Å². The van der Waals surface area contributed by atoms with Gasteiger partial charge in [0.15, 0.2) is 0 Å². The number of hydrogen-bond acceptors (Lipinski definition) is 1. The summed E-state index contributed by atoms with van der Waals surface area (Å²) >= 11 is 15.7. The Morgan fingerprint density at radius 3 is 2.21 bits per heavy atom. The van der Waals surface area contributed by atoms with Gasteiger partial charge in [-0.3, -0.25) is 0 Å². The smallest absolute Gasteiger partial charge is 0.0722 e. The van der Waals surface area contributed by atoms with Crippen molar-refractivity contribution in [2.45, 2.75) is 20.4 Å². The molecule has 0 unspecified atom stereocenters. The fourth-order valence-corrected chi connectivity index (χ4v) is 3.16. The Labute approximate surface area is 132 Å². The SMILES string of the molecule is Cc1ccc(CNc2c(Cl)cc(Br)cc2Cl)cc1C. The summed E-state index contributed by atoms with van der Waals surface area (Å²) in [4.78, 5) is 0. The largest absolute Gasteiger partial charge is 0.379 e. The van der Waals surface area contributed by atoms with E-state index in [1.807, 2.05) is 12.1 Å². The zero-order chi connectivity index (χ0) is 14.0. The molecule has 0 aromatic heterocycles. The van der Waals surface area contributed by atoms with Crippen molar-refractivity contribution in [2.75, 3.05) is 5.32 Å². The Morgan fingerprint density at radius 2 is 1.63 bits per heavy atom. The maximum Gasteiger partial charge on any atom is 0.0722 e. The lowest BCUT2D eigenvalue weighted by molar-refractivity contribution is 1.13. The fourth-order valence-electron chi connectivity index (χ4n) is 1.82. The second kappa shape index (κ2) is 6.17. The van der Waals surface area contributed by atoms with E-state index >= 15 is 0 Å². The van der Waals surface area contributed by atoms with Crippen molar-refractivity contribution in [3.8, 4) is 0 Å². The lowest BCUT2D eigenvalue weighted by atomic mass is 10.1. The molecule has 0 heterocycles. The van der Waals surface area contributed by atoms with Gasteiger partial charge >= 0.3 is 0 Å². The minimum atomic E-state index is 0.614. The predicted octanol–water partition coefficient (Wildman–Crippen LogP) is 5.98. The van der Waals surface area contributed by atoms with E-state index in [0.29, 0.717) is 16.6 Å². The molecule has 100 valence electrons. The van der Waals surface area contributed by atoms with E-state index in [1.54, 1.807) is 0 Å². The number of hydrogen-bond donors (Lipinski definition) is 1. The number of rotatable bonds is 3. The van der Waals surface area contributed by atoms with Crippen molar-refractivity contribution < 1.29 is 0 Å². The molecule has 1 nitrogen and oxygen atoms in total. The van der Waals surface area contributed by atoms with Crippen LogP contribution in [0.1, 0.15) is 16.7 Å². The van der Waals surface area contributed by atoms with Crippen molar-refractivity contribution >= 4 is 44.8 Å². The van der Waals surface area contributed by atoms with Crippen LogP contribution in [-0.2, 0) is 6.54 Å². The van der Waals surface area contributed by atoms with Crippen molar-refractivity contribution in [1.82, 2.24) is 0 Å². The van der Waals surface area contributed by atoms with Crippen molar-refractivity contribution in [2.24, 2.45) is 0 Å². The number of benzene rings is 2. The number of aryl methyl sites for hydroxylation is 2. The summed E-state index contributed by atoms with van der Waals surface area (Å²) in [6.45, 7) is 4.91. The molecule has 0 spiro atoms. The second-order valence-corrected chi connectivity index (χ2v) is 6.25. The highest BCUT2D eigenvalue weighted by Crippen LogP contribution is 2.34. The van der Waals surface area contributed by atoms with E-state index in [2.05, 4.69) is 53.3 Å².